The van der Waals surface area contributed by atoms with E-state index >= 15 is 0 Å². The number of hydrogen-bond acceptors (Lipinski definition) is 4. The Hall–Kier alpha value is -1.44. The summed E-state index contributed by atoms with van der Waals surface area (Å²) in [5.74, 6) is -0.179. The molecule has 1 unspecified atom stereocenters. The molecule has 0 bridgehead atoms. The maximum absolute atomic E-state index is 12.8. The van der Waals surface area contributed by atoms with E-state index in [1.807, 2.05) is 20.8 Å². The second-order valence-electron chi connectivity index (χ2n) is 7.25. The minimum atomic E-state index is -3.57. The van der Waals surface area contributed by atoms with E-state index in [-0.39, 0.29) is 16.8 Å². The van der Waals surface area contributed by atoms with Crippen LogP contribution in [0.15, 0.2) is 23.1 Å². The molecule has 6 nitrogen and oxygen atoms in total. The smallest absolute Gasteiger partial charge is 0.251 e. The van der Waals surface area contributed by atoms with Gasteiger partial charge in [-0.25, -0.2) is 8.42 Å². The van der Waals surface area contributed by atoms with Crippen LogP contribution in [0.5, 0.6) is 0 Å². The summed E-state index contributed by atoms with van der Waals surface area (Å²) in [6.07, 6.45) is 3.49. The number of benzene rings is 1. The van der Waals surface area contributed by atoms with Gasteiger partial charge in [-0.3, -0.25) is 9.69 Å². The van der Waals surface area contributed by atoms with E-state index in [1.165, 1.54) is 23.2 Å². The molecule has 0 radical (unpaired) electrons. The van der Waals surface area contributed by atoms with E-state index in [0.29, 0.717) is 24.7 Å². The third-order valence-corrected chi connectivity index (χ3v) is 7.46. The van der Waals surface area contributed by atoms with Crippen LogP contribution in [0.3, 0.4) is 0 Å². The molecular weight excluding hydrogens is 350 g/mol. The van der Waals surface area contributed by atoms with Crippen LogP contribution < -0.4 is 5.32 Å². The summed E-state index contributed by atoms with van der Waals surface area (Å²) in [7, 11) is -3.57. The number of nitrogens with one attached hydrogen (secondary N) is 1. The third kappa shape index (κ3) is 3.94. The van der Waals surface area contributed by atoms with E-state index in [4.69, 9.17) is 0 Å². The van der Waals surface area contributed by atoms with Gasteiger partial charge in [0.2, 0.25) is 10.0 Å². The predicted molar refractivity (Wildman–Crippen MR) is 102 cm³/mol. The van der Waals surface area contributed by atoms with Crippen molar-refractivity contribution in [1.82, 2.24) is 14.5 Å². The first kappa shape index (κ1) is 19.3. The maximum atomic E-state index is 12.8. The Morgan fingerprint density at radius 3 is 2.54 bits per heavy atom. The van der Waals surface area contributed by atoms with Gasteiger partial charge in [-0.15, -0.1) is 0 Å². The van der Waals surface area contributed by atoms with Gasteiger partial charge < -0.3 is 5.32 Å². The minimum Gasteiger partial charge on any atom is -0.348 e. The molecule has 144 valence electrons. The molecule has 1 aliphatic heterocycles. The van der Waals surface area contributed by atoms with E-state index in [9.17, 15) is 13.2 Å². The zero-order valence-corrected chi connectivity index (χ0v) is 16.7. The van der Waals surface area contributed by atoms with E-state index in [2.05, 4.69) is 10.2 Å². The predicted octanol–water partition coefficient (Wildman–Crippen LogP) is 1.99. The van der Waals surface area contributed by atoms with Gasteiger partial charge in [-0.2, -0.15) is 4.31 Å². The van der Waals surface area contributed by atoms with Gasteiger partial charge in [0.1, 0.15) is 0 Å². The molecule has 1 saturated heterocycles. The van der Waals surface area contributed by atoms with Crippen LogP contribution in [0.2, 0.25) is 0 Å². The Balaban J connectivity index is 1.76. The lowest BCUT2D eigenvalue weighted by molar-refractivity contribution is 0.0936. The third-order valence-electron chi connectivity index (χ3n) is 5.42. The first-order chi connectivity index (χ1) is 12.4. The van der Waals surface area contributed by atoms with Crippen LogP contribution in [0.25, 0.3) is 0 Å². The summed E-state index contributed by atoms with van der Waals surface area (Å²) in [6, 6.07) is 5.68. The number of rotatable bonds is 7. The molecule has 1 aromatic rings. The number of aryl methyl sites for hydroxylation is 1. The standard InChI is InChI=1S/C19H29N3O3S/c1-4-22(5-2)26(24,25)17-9-6-14(3)18(12-17)19(23)20-15-10-11-21(13-15)16-7-8-16/h6,9,12,15-16H,4-5,7-8,10-11,13H2,1-3H3,(H,20,23). The summed E-state index contributed by atoms with van der Waals surface area (Å²) >= 11 is 0. The van der Waals surface area contributed by atoms with Gasteiger partial charge >= 0.3 is 0 Å². The van der Waals surface area contributed by atoms with Crippen LogP contribution in [-0.4, -0.2) is 61.8 Å². The summed E-state index contributed by atoms with van der Waals surface area (Å²) in [4.78, 5) is 15.4. The van der Waals surface area contributed by atoms with Crippen LogP contribution in [0.1, 0.15) is 49.0 Å². The van der Waals surface area contributed by atoms with Crippen molar-refractivity contribution in [2.24, 2.45) is 0 Å². The zero-order chi connectivity index (χ0) is 18.9. The van der Waals surface area contributed by atoms with Crippen LogP contribution >= 0.6 is 0 Å². The van der Waals surface area contributed by atoms with Crippen molar-refractivity contribution in [2.45, 2.75) is 57.0 Å². The molecule has 1 aromatic carbocycles. The minimum absolute atomic E-state index is 0.144. The van der Waals surface area contributed by atoms with Gasteiger partial charge in [0.15, 0.2) is 0 Å². The highest BCUT2D eigenvalue weighted by molar-refractivity contribution is 7.89. The van der Waals surface area contributed by atoms with Crippen molar-refractivity contribution >= 4 is 15.9 Å². The molecule has 1 heterocycles. The Bertz CT molecular complexity index is 770. The fourth-order valence-corrected chi connectivity index (χ4v) is 5.14. The van der Waals surface area contributed by atoms with Gasteiger partial charge in [-0.1, -0.05) is 19.9 Å². The largest absolute Gasteiger partial charge is 0.348 e. The molecule has 3 rings (SSSR count). The highest BCUT2D eigenvalue weighted by Crippen LogP contribution is 2.30. The van der Waals surface area contributed by atoms with E-state index < -0.39 is 10.0 Å². The second-order valence-corrected chi connectivity index (χ2v) is 9.19. The van der Waals surface area contributed by atoms with Gasteiger partial charge in [-0.05, 0) is 43.9 Å². The molecule has 1 aliphatic carbocycles. The Kier molecular flexibility index (Phi) is 5.69. The number of amides is 1. The van der Waals surface area contributed by atoms with E-state index in [0.717, 1.165) is 25.1 Å². The van der Waals surface area contributed by atoms with Gasteiger partial charge in [0, 0.05) is 43.8 Å². The van der Waals surface area contributed by atoms with Crippen molar-refractivity contribution in [3.8, 4) is 0 Å². The zero-order valence-electron chi connectivity index (χ0n) is 15.9. The molecule has 26 heavy (non-hydrogen) atoms. The summed E-state index contributed by atoms with van der Waals surface area (Å²) in [5.41, 5.74) is 1.24. The van der Waals surface area contributed by atoms with Crippen LogP contribution in [0.4, 0.5) is 0 Å². The lowest BCUT2D eigenvalue weighted by atomic mass is 10.1. The molecular formula is C19H29N3O3S. The number of carbonyl (C=O) groups excluding carboxylic acids is 1. The van der Waals surface area contributed by atoms with Crippen molar-refractivity contribution in [3.63, 3.8) is 0 Å². The van der Waals surface area contributed by atoms with Crippen molar-refractivity contribution in [3.05, 3.63) is 29.3 Å². The highest BCUT2D eigenvalue weighted by atomic mass is 32.2. The molecule has 0 aromatic heterocycles. The lowest BCUT2D eigenvalue weighted by Crippen LogP contribution is -2.38. The van der Waals surface area contributed by atoms with Crippen molar-refractivity contribution in [1.29, 1.82) is 0 Å². The summed E-state index contributed by atoms with van der Waals surface area (Å²) in [6.45, 7) is 8.22. The summed E-state index contributed by atoms with van der Waals surface area (Å²) in [5, 5.41) is 3.10. The first-order valence-corrected chi connectivity index (χ1v) is 11.0. The molecule has 0 spiro atoms. The van der Waals surface area contributed by atoms with Gasteiger partial charge in [0.25, 0.3) is 5.91 Å². The summed E-state index contributed by atoms with van der Waals surface area (Å²) < 4.78 is 26.9. The molecule has 1 atom stereocenters. The fourth-order valence-electron chi connectivity index (χ4n) is 3.66. The lowest BCUT2D eigenvalue weighted by Gasteiger charge is -2.20. The average molecular weight is 380 g/mol. The van der Waals surface area contributed by atoms with Crippen molar-refractivity contribution < 1.29 is 13.2 Å². The molecule has 1 amide bonds. The number of sulfonamides is 1. The molecule has 2 fully saturated rings. The average Bonchev–Trinajstić information content (AvgIpc) is 3.35. The molecule has 1 N–H and O–H groups in total. The molecule has 2 aliphatic rings. The number of likely N-dealkylation sites (tertiary alicyclic amines) is 1. The van der Waals surface area contributed by atoms with Crippen LogP contribution in [-0.2, 0) is 10.0 Å². The van der Waals surface area contributed by atoms with Crippen LogP contribution in [0, 0.1) is 6.92 Å². The maximum Gasteiger partial charge on any atom is 0.251 e. The Morgan fingerprint density at radius 2 is 1.92 bits per heavy atom. The monoisotopic (exact) mass is 379 g/mol. The first-order valence-electron chi connectivity index (χ1n) is 9.52. The van der Waals surface area contributed by atoms with Gasteiger partial charge in [0.05, 0.1) is 4.90 Å². The SMILES string of the molecule is CCN(CC)S(=O)(=O)c1ccc(C)c(C(=O)NC2CCN(C3CC3)C2)c1. The number of nitrogens with zero attached hydrogens (tertiary/aromatic N) is 2. The Labute approximate surface area is 156 Å². The topological polar surface area (TPSA) is 69.7 Å². The second kappa shape index (κ2) is 7.66. The molecule has 1 saturated carbocycles. The van der Waals surface area contributed by atoms with Crippen molar-refractivity contribution in [2.75, 3.05) is 26.2 Å². The number of hydrogen-bond donors (Lipinski definition) is 1. The Morgan fingerprint density at radius 1 is 1.23 bits per heavy atom. The fraction of sp³-hybridized carbons (Fsp3) is 0.632. The highest BCUT2D eigenvalue weighted by Gasteiger charge is 2.35. The normalized spacial score (nSPS) is 21.3. The molecule has 7 heteroatoms. The quantitative estimate of drug-likeness (QED) is 0.787. The van der Waals surface area contributed by atoms with E-state index in [1.54, 1.807) is 12.1 Å². The number of carbonyl (C=O) groups is 1.